The molecular weight excluding hydrogens is 108 g/mol. The van der Waals surface area contributed by atoms with E-state index >= 15 is 0 Å². The Balaban J connectivity index is 2.20. The second kappa shape index (κ2) is 2.02. The van der Waals surface area contributed by atoms with Gasteiger partial charge in [-0.3, -0.25) is 0 Å². The summed E-state index contributed by atoms with van der Waals surface area (Å²) >= 11 is 0. The fourth-order valence-corrected chi connectivity index (χ4v) is 1.79. The van der Waals surface area contributed by atoms with Gasteiger partial charge >= 0.3 is 0 Å². The van der Waals surface area contributed by atoms with Crippen LogP contribution in [-0.4, -0.2) is 0 Å². The molecule has 2 aliphatic rings. The molecule has 0 aromatic rings. The molecule has 2 aliphatic carbocycles. The lowest BCUT2D eigenvalue weighted by atomic mass is 9.81. The highest BCUT2D eigenvalue weighted by Crippen LogP contribution is 2.30. The Labute approximate surface area is 56.3 Å². The van der Waals surface area contributed by atoms with Crippen molar-refractivity contribution in [3.05, 3.63) is 24.3 Å². The van der Waals surface area contributed by atoms with Gasteiger partial charge in [0.2, 0.25) is 0 Å². The molecular formula is C9H12. The lowest BCUT2D eigenvalue weighted by Crippen LogP contribution is -2.12. The predicted octanol–water partition coefficient (Wildman–Crippen LogP) is 2.53. The molecule has 2 atom stereocenters. The fraction of sp³-hybridized carbons (Fsp3) is 0.556. The number of hydrogen-bond acceptors (Lipinski definition) is 0. The summed E-state index contributed by atoms with van der Waals surface area (Å²) in [6, 6.07) is 0. The SMILES string of the molecule is C1=C[C@@H]2CC=CC(C1)C2. The summed E-state index contributed by atoms with van der Waals surface area (Å²) in [5.74, 6) is 1.77. The Morgan fingerprint density at radius 3 is 1.89 bits per heavy atom. The summed E-state index contributed by atoms with van der Waals surface area (Å²) in [6.45, 7) is 0. The Hall–Kier alpha value is -0.520. The first-order valence-electron chi connectivity index (χ1n) is 3.78. The van der Waals surface area contributed by atoms with E-state index in [1.54, 1.807) is 0 Å². The van der Waals surface area contributed by atoms with Crippen LogP contribution in [0.15, 0.2) is 24.3 Å². The van der Waals surface area contributed by atoms with E-state index in [2.05, 4.69) is 24.3 Å². The smallest absolute Gasteiger partial charge is 0.0193 e. The molecule has 0 aromatic heterocycles. The van der Waals surface area contributed by atoms with Crippen molar-refractivity contribution in [2.75, 3.05) is 0 Å². The van der Waals surface area contributed by atoms with Crippen molar-refractivity contribution in [1.29, 1.82) is 0 Å². The van der Waals surface area contributed by atoms with E-state index in [1.165, 1.54) is 19.3 Å². The highest BCUT2D eigenvalue weighted by atomic mass is 14.2. The van der Waals surface area contributed by atoms with Crippen molar-refractivity contribution in [2.24, 2.45) is 11.8 Å². The zero-order chi connectivity index (χ0) is 6.10. The molecule has 2 bridgehead atoms. The zero-order valence-corrected chi connectivity index (χ0v) is 5.59. The van der Waals surface area contributed by atoms with E-state index in [-0.39, 0.29) is 0 Å². The van der Waals surface area contributed by atoms with Crippen LogP contribution in [0.5, 0.6) is 0 Å². The highest BCUT2D eigenvalue weighted by Gasteiger charge is 2.17. The van der Waals surface area contributed by atoms with Gasteiger partial charge in [0.15, 0.2) is 0 Å². The monoisotopic (exact) mass is 120 g/mol. The molecule has 0 heteroatoms. The minimum Gasteiger partial charge on any atom is -0.0877 e. The van der Waals surface area contributed by atoms with Crippen molar-refractivity contribution in [3.8, 4) is 0 Å². The molecule has 0 heterocycles. The standard InChI is InChI=1S/C9H12/c1-3-8-5-2-6-9(4-1)7-8/h1-3,6,8-9H,4-5,7H2/t8-,9?/m1/s1. The number of hydrogen-bond donors (Lipinski definition) is 0. The second-order valence-electron chi connectivity index (χ2n) is 3.08. The van der Waals surface area contributed by atoms with Crippen molar-refractivity contribution in [2.45, 2.75) is 19.3 Å². The summed E-state index contributed by atoms with van der Waals surface area (Å²) < 4.78 is 0. The van der Waals surface area contributed by atoms with Crippen LogP contribution in [0.2, 0.25) is 0 Å². The molecule has 1 unspecified atom stereocenters. The van der Waals surface area contributed by atoms with Crippen molar-refractivity contribution >= 4 is 0 Å². The van der Waals surface area contributed by atoms with Gasteiger partial charge in [-0.2, -0.15) is 0 Å². The number of fused-ring (bicyclic) bond motifs is 2. The van der Waals surface area contributed by atoms with E-state index in [4.69, 9.17) is 0 Å². The van der Waals surface area contributed by atoms with Gasteiger partial charge in [0.25, 0.3) is 0 Å². The molecule has 0 N–H and O–H groups in total. The average Bonchev–Trinajstić information content (AvgIpc) is 1.88. The van der Waals surface area contributed by atoms with E-state index in [0.29, 0.717) is 0 Å². The largest absolute Gasteiger partial charge is 0.0877 e. The maximum Gasteiger partial charge on any atom is -0.0193 e. The molecule has 0 saturated heterocycles. The van der Waals surface area contributed by atoms with E-state index < -0.39 is 0 Å². The van der Waals surface area contributed by atoms with Crippen LogP contribution in [0.3, 0.4) is 0 Å². The number of rotatable bonds is 0. The first-order chi connectivity index (χ1) is 4.45. The summed E-state index contributed by atoms with van der Waals surface area (Å²) in [4.78, 5) is 0. The first kappa shape index (κ1) is 5.28. The van der Waals surface area contributed by atoms with E-state index in [0.717, 1.165) is 11.8 Å². The molecule has 2 rings (SSSR count). The van der Waals surface area contributed by atoms with Gasteiger partial charge in [0.1, 0.15) is 0 Å². The maximum atomic E-state index is 2.38. The van der Waals surface area contributed by atoms with Crippen LogP contribution in [0, 0.1) is 11.8 Å². The van der Waals surface area contributed by atoms with E-state index in [9.17, 15) is 0 Å². The van der Waals surface area contributed by atoms with Crippen LogP contribution < -0.4 is 0 Å². The molecule has 0 fully saturated rings. The van der Waals surface area contributed by atoms with Gasteiger partial charge in [-0.1, -0.05) is 24.3 Å². The lowest BCUT2D eigenvalue weighted by molar-refractivity contribution is 0.443. The van der Waals surface area contributed by atoms with Gasteiger partial charge in [-0.05, 0) is 31.1 Å². The van der Waals surface area contributed by atoms with Gasteiger partial charge in [0.05, 0.1) is 0 Å². The molecule has 0 nitrogen and oxygen atoms in total. The fourth-order valence-electron chi connectivity index (χ4n) is 1.79. The maximum absolute atomic E-state index is 2.38. The van der Waals surface area contributed by atoms with Crippen LogP contribution in [0.4, 0.5) is 0 Å². The predicted molar refractivity (Wildman–Crippen MR) is 39.1 cm³/mol. The Morgan fingerprint density at radius 1 is 0.889 bits per heavy atom. The minimum atomic E-state index is 0.883. The Bertz CT molecular complexity index is 135. The average molecular weight is 120 g/mol. The van der Waals surface area contributed by atoms with Crippen LogP contribution in [0.1, 0.15) is 19.3 Å². The van der Waals surface area contributed by atoms with Crippen molar-refractivity contribution in [3.63, 3.8) is 0 Å². The normalized spacial score (nSPS) is 39.1. The Morgan fingerprint density at radius 2 is 1.44 bits per heavy atom. The van der Waals surface area contributed by atoms with Crippen LogP contribution in [-0.2, 0) is 0 Å². The summed E-state index contributed by atoms with van der Waals surface area (Å²) in [6.07, 6.45) is 13.4. The molecule has 0 aliphatic heterocycles. The molecule has 9 heavy (non-hydrogen) atoms. The number of allylic oxidation sites excluding steroid dienone is 4. The first-order valence-corrected chi connectivity index (χ1v) is 3.78. The van der Waals surface area contributed by atoms with E-state index in [1.807, 2.05) is 0 Å². The third-order valence-electron chi connectivity index (χ3n) is 2.30. The van der Waals surface area contributed by atoms with Crippen molar-refractivity contribution in [1.82, 2.24) is 0 Å². The highest BCUT2D eigenvalue weighted by molar-refractivity contribution is 5.08. The second-order valence-corrected chi connectivity index (χ2v) is 3.08. The topological polar surface area (TPSA) is 0 Å². The molecule has 0 amide bonds. The van der Waals surface area contributed by atoms with Crippen LogP contribution >= 0.6 is 0 Å². The molecule has 0 spiro atoms. The summed E-state index contributed by atoms with van der Waals surface area (Å²) in [5.41, 5.74) is 0. The molecule has 0 saturated carbocycles. The van der Waals surface area contributed by atoms with Gasteiger partial charge in [-0.25, -0.2) is 0 Å². The zero-order valence-electron chi connectivity index (χ0n) is 5.59. The third kappa shape index (κ3) is 0.937. The quantitative estimate of drug-likeness (QED) is 0.431. The molecule has 48 valence electrons. The molecule has 0 radical (unpaired) electrons. The summed E-state index contributed by atoms with van der Waals surface area (Å²) in [5, 5.41) is 0. The van der Waals surface area contributed by atoms with Crippen molar-refractivity contribution < 1.29 is 0 Å². The Kier molecular flexibility index (Phi) is 1.18. The lowest BCUT2D eigenvalue weighted by Gasteiger charge is -2.25. The van der Waals surface area contributed by atoms with Gasteiger partial charge in [-0.15, -0.1) is 0 Å². The van der Waals surface area contributed by atoms with Gasteiger partial charge in [0, 0.05) is 0 Å². The third-order valence-corrected chi connectivity index (χ3v) is 2.30. The van der Waals surface area contributed by atoms with Crippen LogP contribution in [0.25, 0.3) is 0 Å². The summed E-state index contributed by atoms with van der Waals surface area (Å²) in [7, 11) is 0. The minimum absolute atomic E-state index is 0.883. The molecule has 0 aromatic carbocycles. The van der Waals surface area contributed by atoms with Gasteiger partial charge < -0.3 is 0 Å².